The summed E-state index contributed by atoms with van der Waals surface area (Å²) in [6.45, 7) is 0.173. The fourth-order valence-corrected chi connectivity index (χ4v) is 4.39. The number of carboxylic acid groups (broad SMARTS) is 1. The van der Waals surface area contributed by atoms with E-state index in [9.17, 15) is 19.8 Å². The Bertz CT molecular complexity index is 939. The molecule has 1 aliphatic carbocycles. The summed E-state index contributed by atoms with van der Waals surface area (Å²) < 4.78 is 10.7. The molecule has 0 bridgehead atoms. The third-order valence-corrected chi connectivity index (χ3v) is 6.15. The topological polar surface area (TPSA) is 113 Å². The summed E-state index contributed by atoms with van der Waals surface area (Å²) in [5, 5.41) is 28.4. The quantitative estimate of drug-likeness (QED) is 0.186. The van der Waals surface area contributed by atoms with E-state index in [4.69, 9.17) is 14.6 Å². The van der Waals surface area contributed by atoms with Gasteiger partial charge in [0.1, 0.15) is 12.9 Å². The van der Waals surface area contributed by atoms with Crippen LogP contribution in [0.3, 0.4) is 0 Å². The standard InChI is InChI=1S/C27H32O7/c28-18-33-15-7-2-1-6-10-22-23(16-26(30)31)24(29)17-25(22)34-27(32)21-13-11-20(12-14-21)19-8-4-3-5-9-19/h3-6,8-14,22-25,28-29H,1-2,7,15-18H2,(H,30,31)/t22-,23-,24+,25-/m1/s1. The zero-order valence-corrected chi connectivity index (χ0v) is 19.1. The van der Waals surface area contributed by atoms with Crippen LogP contribution in [0.1, 0.15) is 42.5 Å². The maximum atomic E-state index is 12.8. The fourth-order valence-electron chi connectivity index (χ4n) is 4.39. The van der Waals surface area contributed by atoms with Crippen molar-refractivity contribution >= 4 is 11.9 Å². The zero-order valence-electron chi connectivity index (χ0n) is 19.1. The number of aliphatic hydroxyl groups excluding tert-OH is 2. The van der Waals surface area contributed by atoms with Gasteiger partial charge in [-0.1, -0.05) is 54.6 Å². The van der Waals surface area contributed by atoms with Gasteiger partial charge in [-0.25, -0.2) is 4.79 Å². The third-order valence-electron chi connectivity index (χ3n) is 6.15. The number of hydrogen-bond acceptors (Lipinski definition) is 6. The van der Waals surface area contributed by atoms with Gasteiger partial charge in [0, 0.05) is 24.9 Å². The van der Waals surface area contributed by atoms with Crippen molar-refractivity contribution in [2.75, 3.05) is 13.4 Å². The van der Waals surface area contributed by atoms with Crippen molar-refractivity contribution in [3.05, 3.63) is 72.3 Å². The van der Waals surface area contributed by atoms with Crippen LogP contribution in [0.2, 0.25) is 0 Å². The number of unbranched alkanes of at least 4 members (excludes halogenated alkanes) is 2. The molecule has 1 aliphatic rings. The molecule has 0 radical (unpaired) electrons. The number of carbonyl (C=O) groups excluding carboxylic acids is 1. The van der Waals surface area contributed by atoms with E-state index in [1.807, 2.05) is 54.6 Å². The van der Waals surface area contributed by atoms with Gasteiger partial charge in [0.15, 0.2) is 0 Å². The van der Waals surface area contributed by atoms with Crippen molar-refractivity contribution in [1.82, 2.24) is 0 Å². The summed E-state index contributed by atoms with van der Waals surface area (Å²) in [5.74, 6) is -2.39. The maximum absolute atomic E-state index is 12.8. The van der Waals surface area contributed by atoms with E-state index < -0.39 is 30.1 Å². The highest BCUT2D eigenvalue weighted by Crippen LogP contribution is 2.38. The molecule has 2 aromatic carbocycles. The van der Waals surface area contributed by atoms with E-state index >= 15 is 0 Å². The number of aliphatic hydroxyl groups is 2. The number of carbonyl (C=O) groups is 2. The highest BCUT2D eigenvalue weighted by molar-refractivity contribution is 5.90. The first-order valence-corrected chi connectivity index (χ1v) is 11.6. The molecule has 0 saturated heterocycles. The van der Waals surface area contributed by atoms with Gasteiger partial charge in [-0.15, -0.1) is 0 Å². The molecule has 1 saturated carbocycles. The van der Waals surface area contributed by atoms with Crippen LogP contribution in [0.15, 0.2) is 66.7 Å². The predicted octanol–water partition coefficient (Wildman–Crippen LogP) is 4.04. The van der Waals surface area contributed by atoms with Crippen LogP contribution in [0.4, 0.5) is 0 Å². The lowest BCUT2D eigenvalue weighted by Crippen LogP contribution is -2.26. The molecule has 0 amide bonds. The van der Waals surface area contributed by atoms with Crippen molar-refractivity contribution < 1.29 is 34.4 Å². The molecule has 0 unspecified atom stereocenters. The van der Waals surface area contributed by atoms with Gasteiger partial charge in [-0.05, 0) is 42.5 Å². The van der Waals surface area contributed by atoms with Crippen LogP contribution in [-0.2, 0) is 14.3 Å². The minimum atomic E-state index is -0.993. The molecule has 0 aromatic heterocycles. The fraction of sp³-hybridized carbons (Fsp3) is 0.407. The molecule has 182 valence electrons. The van der Waals surface area contributed by atoms with Crippen molar-refractivity contribution in [2.24, 2.45) is 11.8 Å². The number of carboxylic acids is 1. The van der Waals surface area contributed by atoms with Crippen LogP contribution in [-0.4, -0.2) is 52.9 Å². The van der Waals surface area contributed by atoms with Gasteiger partial charge in [0.25, 0.3) is 0 Å². The van der Waals surface area contributed by atoms with E-state index in [-0.39, 0.29) is 25.6 Å². The number of rotatable bonds is 12. The van der Waals surface area contributed by atoms with Crippen molar-refractivity contribution in [2.45, 2.75) is 44.3 Å². The zero-order chi connectivity index (χ0) is 24.3. The first-order valence-electron chi connectivity index (χ1n) is 11.6. The third kappa shape index (κ3) is 7.25. The molecule has 2 aromatic rings. The second-order valence-electron chi connectivity index (χ2n) is 8.49. The average Bonchev–Trinajstić information content (AvgIpc) is 3.12. The van der Waals surface area contributed by atoms with Gasteiger partial charge in [-0.2, -0.15) is 0 Å². The van der Waals surface area contributed by atoms with Crippen LogP contribution in [0.5, 0.6) is 0 Å². The first-order chi connectivity index (χ1) is 16.5. The molecular formula is C27H32O7. The molecule has 7 heteroatoms. The minimum Gasteiger partial charge on any atom is -0.481 e. The van der Waals surface area contributed by atoms with E-state index in [0.29, 0.717) is 12.2 Å². The van der Waals surface area contributed by atoms with Crippen LogP contribution in [0, 0.1) is 11.8 Å². The van der Waals surface area contributed by atoms with Crippen molar-refractivity contribution in [1.29, 1.82) is 0 Å². The Balaban J connectivity index is 1.65. The summed E-state index contributed by atoms with van der Waals surface area (Å²) in [6, 6.07) is 17.0. The summed E-state index contributed by atoms with van der Waals surface area (Å²) >= 11 is 0. The lowest BCUT2D eigenvalue weighted by molar-refractivity contribution is -0.139. The van der Waals surface area contributed by atoms with E-state index in [1.54, 1.807) is 12.1 Å². The van der Waals surface area contributed by atoms with E-state index in [0.717, 1.165) is 30.4 Å². The summed E-state index contributed by atoms with van der Waals surface area (Å²) in [7, 11) is 0. The Morgan fingerprint density at radius 3 is 2.38 bits per heavy atom. The lowest BCUT2D eigenvalue weighted by atomic mass is 9.90. The second kappa shape index (κ2) is 13.0. The molecule has 0 spiro atoms. The smallest absolute Gasteiger partial charge is 0.338 e. The maximum Gasteiger partial charge on any atom is 0.338 e. The van der Waals surface area contributed by atoms with Gasteiger partial charge in [0.2, 0.25) is 0 Å². The molecular weight excluding hydrogens is 436 g/mol. The largest absolute Gasteiger partial charge is 0.481 e. The Hall–Kier alpha value is -3.00. The monoisotopic (exact) mass is 468 g/mol. The molecule has 7 nitrogen and oxygen atoms in total. The lowest BCUT2D eigenvalue weighted by Gasteiger charge is -2.21. The van der Waals surface area contributed by atoms with Gasteiger partial charge >= 0.3 is 11.9 Å². The number of benzene rings is 2. The average molecular weight is 469 g/mol. The number of esters is 1. The molecule has 0 aliphatic heterocycles. The Morgan fingerprint density at radius 1 is 1.00 bits per heavy atom. The SMILES string of the molecule is O=C(O)C[C@@H]1[C@@H](C=CCCCCOCO)[C@H](OC(=O)c2ccc(-c3ccccc3)cc2)C[C@@H]1O. The molecule has 4 atom stereocenters. The Labute approximate surface area is 199 Å². The summed E-state index contributed by atoms with van der Waals surface area (Å²) in [6.07, 6.45) is 4.71. The van der Waals surface area contributed by atoms with Crippen LogP contribution >= 0.6 is 0 Å². The molecule has 0 heterocycles. The van der Waals surface area contributed by atoms with Crippen LogP contribution in [0.25, 0.3) is 11.1 Å². The second-order valence-corrected chi connectivity index (χ2v) is 8.49. The Kier molecular flexibility index (Phi) is 9.82. The summed E-state index contributed by atoms with van der Waals surface area (Å²) in [5.41, 5.74) is 2.44. The van der Waals surface area contributed by atoms with Crippen LogP contribution < -0.4 is 0 Å². The van der Waals surface area contributed by atoms with Crippen molar-refractivity contribution in [3.63, 3.8) is 0 Å². The van der Waals surface area contributed by atoms with Crippen molar-refractivity contribution in [3.8, 4) is 11.1 Å². The molecule has 1 fully saturated rings. The highest BCUT2D eigenvalue weighted by atomic mass is 16.6. The molecule has 3 N–H and O–H groups in total. The molecule has 3 rings (SSSR count). The number of aliphatic carboxylic acids is 1. The van der Waals surface area contributed by atoms with E-state index in [1.165, 1.54) is 0 Å². The number of hydrogen-bond donors (Lipinski definition) is 3. The normalized spacial score (nSPS) is 22.2. The number of ether oxygens (including phenoxy) is 2. The highest BCUT2D eigenvalue weighted by Gasteiger charge is 2.44. The van der Waals surface area contributed by atoms with Gasteiger partial charge < -0.3 is 24.8 Å². The van der Waals surface area contributed by atoms with E-state index in [2.05, 4.69) is 0 Å². The van der Waals surface area contributed by atoms with Gasteiger partial charge in [-0.3, -0.25) is 4.79 Å². The predicted molar refractivity (Wildman–Crippen MR) is 127 cm³/mol. The number of allylic oxidation sites excluding steroid dienone is 1. The minimum absolute atomic E-state index is 0.194. The Morgan fingerprint density at radius 2 is 1.71 bits per heavy atom. The first kappa shape index (κ1) is 25.6. The van der Waals surface area contributed by atoms with Gasteiger partial charge in [0.05, 0.1) is 18.1 Å². The molecule has 34 heavy (non-hydrogen) atoms. The summed E-state index contributed by atoms with van der Waals surface area (Å²) in [4.78, 5) is 24.2.